The predicted molar refractivity (Wildman–Crippen MR) is 89.3 cm³/mol. The van der Waals surface area contributed by atoms with Gasteiger partial charge in [0.05, 0.1) is 0 Å². The number of hydrogen-bond acceptors (Lipinski definition) is 4. The third-order valence-electron chi connectivity index (χ3n) is 4.15. The van der Waals surface area contributed by atoms with Gasteiger partial charge < -0.3 is 11.1 Å². The van der Waals surface area contributed by atoms with Crippen LogP contribution in [0.2, 0.25) is 0 Å². The Labute approximate surface area is 142 Å². The monoisotopic (exact) mass is 357 g/mol. The Morgan fingerprint density at radius 2 is 2.17 bits per heavy atom. The van der Waals surface area contributed by atoms with E-state index in [0.29, 0.717) is 18.5 Å². The van der Waals surface area contributed by atoms with Gasteiger partial charge in [-0.1, -0.05) is 12.5 Å². The molecule has 1 unspecified atom stereocenters. The number of piperidine rings is 1. The lowest BCUT2D eigenvalue weighted by Crippen LogP contribution is -2.49. The fourth-order valence-corrected chi connectivity index (χ4v) is 4.63. The first-order valence-electron chi connectivity index (χ1n) is 8.11. The van der Waals surface area contributed by atoms with Crippen molar-refractivity contribution in [2.75, 3.05) is 19.6 Å². The Kier molecular flexibility index (Phi) is 6.31. The summed E-state index contributed by atoms with van der Waals surface area (Å²) in [5.74, 6) is -0.951. The normalized spacial score (nSPS) is 19.2. The molecule has 0 saturated carbocycles. The molecular formula is C16H24FN3O3S. The number of aryl methyl sites for hydroxylation is 1. The number of carbonyl (C=O) groups is 1. The summed E-state index contributed by atoms with van der Waals surface area (Å²) in [5, 5.41) is 2.71. The number of hydrogen-bond donors (Lipinski definition) is 2. The van der Waals surface area contributed by atoms with Gasteiger partial charge in [0.15, 0.2) is 0 Å². The van der Waals surface area contributed by atoms with E-state index in [1.165, 1.54) is 16.4 Å². The van der Waals surface area contributed by atoms with Gasteiger partial charge in [-0.15, -0.1) is 0 Å². The first kappa shape index (κ1) is 18.8. The molecule has 134 valence electrons. The third kappa shape index (κ3) is 4.31. The van der Waals surface area contributed by atoms with Crippen molar-refractivity contribution in [3.05, 3.63) is 29.6 Å². The number of halogens is 1. The maximum Gasteiger partial charge on any atom is 0.246 e. The number of sulfonamides is 1. The van der Waals surface area contributed by atoms with E-state index in [-0.39, 0.29) is 36.4 Å². The van der Waals surface area contributed by atoms with E-state index in [9.17, 15) is 17.6 Å². The van der Waals surface area contributed by atoms with E-state index in [1.54, 1.807) is 13.0 Å². The van der Waals surface area contributed by atoms with E-state index >= 15 is 0 Å². The third-order valence-corrected chi connectivity index (χ3v) is 6.14. The minimum absolute atomic E-state index is 0.200. The number of carbonyl (C=O) groups excluding carboxylic acids is 1. The van der Waals surface area contributed by atoms with Gasteiger partial charge >= 0.3 is 0 Å². The van der Waals surface area contributed by atoms with Crippen molar-refractivity contribution in [2.24, 2.45) is 5.73 Å². The van der Waals surface area contributed by atoms with Gasteiger partial charge in [-0.05, 0) is 37.5 Å². The zero-order valence-corrected chi connectivity index (χ0v) is 14.6. The SMILES string of the molecule is Cc1ccc(S(=O)(=O)N2CCCCC2CNC(=O)CCN)c(F)c1. The highest BCUT2D eigenvalue weighted by Crippen LogP contribution is 2.27. The Morgan fingerprint density at radius 1 is 1.42 bits per heavy atom. The van der Waals surface area contributed by atoms with Crippen LogP contribution in [0.4, 0.5) is 4.39 Å². The molecule has 1 fully saturated rings. The second-order valence-electron chi connectivity index (χ2n) is 6.04. The van der Waals surface area contributed by atoms with Gasteiger partial charge in [-0.25, -0.2) is 12.8 Å². The van der Waals surface area contributed by atoms with Crippen molar-refractivity contribution >= 4 is 15.9 Å². The summed E-state index contributed by atoms with van der Waals surface area (Å²) in [7, 11) is -3.94. The standard InChI is InChI=1S/C16H24FN3O3S/c1-12-5-6-15(14(17)10-12)24(22,23)20-9-3-2-4-13(20)11-19-16(21)7-8-18/h5-6,10,13H,2-4,7-9,11,18H2,1H3,(H,19,21). The molecule has 1 atom stereocenters. The van der Waals surface area contributed by atoms with Crippen molar-refractivity contribution in [2.45, 2.75) is 43.5 Å². The van der Waals surface area contributed by atoms with Crippen molar-refractivity contribution in [1.29, 1.82) is 0 Å². The van der Waals surface area contributed by atoms with Gasteiger partial charge in [0, 0.05) is 32.1 Å². The molecule has 1 aliphatic rings. The fourth-order valence-electron chi connectivity index (χ4n) is 2.89. The molecule has 0 aliphatic carbocycles. The van der Waals surface area contributed by atoms with E-state index in [0.717, 1.165) is 12.8 Å². The topological polar surface area (TPSA) is 92.5 Å². The van der Waals surface area contributed by atoms with Gasteiger partial charge in [-0.2, -0.15) is 4.31 Å². The van der Waals surface area contributed by atoms with E-state index < -0.39 is 15.8 Å². The Morgan fingerprint density at radius 3 is 2.83 bits per heavy atom. The van der Waals surface area contributed by atoms with Gasteiger partial charge in [-0.3, -0.25) is 4.79 Å². The molecule has 1 aromatic carbocycles. The molecule has 8 heteroatoms. The summed E-state index contributed by atoms with van der Waals surface area (Å²) in [6.07, 6.45) is 2.43. The second kappa shape index (κ2) is 8.04. The summed E-state index contributed by atoms with van der Waals surface area (Å²) in [4.78, 5) is 11.3. The minimum atomic E-state index is -3.94. The number of nitrogens with two attached hydrogens (primary N) is 1. The van der Waals surface area contributed by atoms with Crippen molar-refractivity contribution in [3.63, 3.8) is 0 Å². The smallest absolute Gasteiger partial charge is 0.246 e. The molecule has 1 amide bonds. The van der Waals surface area contributed by atoms with Crippen LogP contribution in [0.1, 0.15) is 31.2 Å². The lowest BCUT2D eigenvalue weighted by Gasteiger charge is -2.34. The number of amides is 1. The highest BCUT2D eigenvalue weighted by Gasteiger charge is 2.35. The lowest BCUT2D eigenvalue weighted by atomic mass is 10.1. The molecule has 6 nitrogen and oxygen atoms in total. The maximum atomic E-state index is 14.2. The molecule has 0 aromatic heterocycles. The number of nitrogens with zero attached hydrogens (tertiary/aromatic N) is 1. The molecule has 0 bridgehead atoms. The van der Waals surface area contributed by atoms with Crippen LogP contribution in [0.15, 0.2) is 23.1 Å². The van der Waals surface area contributed by atoms with Gasteiger partial charge in [0.2, 0.25) is 15.9 Å². The maximum absolute atomic E-state index is 14.2. The molecular weight excluding hydrogens is 333 g/mol. The summed E-state index contributed by atoms with van der Waals surface area (Å²) in [6, 6.07) is 3.73. The minimum Gasteiger partial charge on any atom is -0.354 e. The molecule has 1 aromatic rings. The zero-order valence-electron chi connectivity index (χ0n) is 13.8. The zero-order chi connectivity index (χ0) is 17.7. The molecule has 0 spiro atoms. The van der Waals surface area contributed by atoms with Crippen LogP contribution in [0.5, 0.6) is 0 Å². The summed E-state index contributed by atoms with van der Waals surface area (Å²) in [6.45, 7) is 2.49. The fraction of sp³-hybridized carbons (Fsp3) is 0.562. The second-order valence-corrected chi connectivity index (χ2v) is 7.90. The van der Waals surface area contributed by atoms with Gasteiger partial charge in [0.1, 0.15) is 10.7 Å². The first-order chi connectivity index (χ1) is 11.4. The quantitative estimate of drug-likeness (QED) is 0.799. The molecule has 24 heavy (non-hydrogen) atoms. The van der Waals surface area contributed by atoms with Crippen LogP contribution in [0.25, 0.3) is 0 Å². The van der Waals surface area contributed by atoms with Crippen LogP contribution in [0, 0.1) is 12.7 Å². The van der Waals surface area contributed by atoms with Crippen molar-refractivity contribution in [1.82, 2.24) is 9.62 Å². The Bertz CT molecular complexity index is 694. The summed E-state index contributed by atoms with van der Waals surface area (Å²) >= 11 is 0. The van der Waals surface area contributed by atoms with E-state index in [4.69, 9.17) is 5.73 Å². The van der Waals surface area contributed by atoms with Crippen LogP contribution < -0.4 is 11.1 Å². The largest absolute Gasteiger partial charge is 0.354 e. The first-order valence-corrected chi connectivity index (χ1v) is 9.55. The highest BCUT2D eigenvalue weighted by molar-refractivity contribution is 7.89. The number of benzene rings is 1. The van der Waals surface area contributed by atoms with Crippen LogP contribution in [-0.2, 0) is 14.8 Å². The average molecular weight is 357 g/mol. The van der Waals surface area contributed by atoms with Crippen LogP contribution >= 0.6 is 0 Å². The Balaban J connectivity index is 2.20. The predicted octanol–water partition coefficient (Wildman–Crippen LogP) is 1.14. The Hall–Kier alpha value is -1.51. The van der Waals surface area contributed by atoms with E-state index in [1.807, 2.05) is 0 Å². The van der Waals surface area contributed by atoms with E-state index in [2.05, 4.69) is 5.32 Å². The molecule has 2 rings (SSSR count). The summed E-state index contributed by atoms with van der Waals surface area (Å²) < 4.78 is 41.2. The van der Waals surface area contributed by atoms with Crippen LogP contribution in [-0.4, -0.2) is 44.3 Å². The molecule has 3 N–H and O–H groups in total. The van der Waals surface area contributed by atoms with Gasteiger partial charge in [0.25, 0.3) is 0 Å². The highest BCUT2D eigenvalue weighted by atomic mass is 32.2. The molecule has 1 heterocycles. The molecule has 1 saturated heterocycles. The molecule has 0 radical (unpaired) electrons. The lowest BCUT2D eigenvalue weighted by molar-refractivity contribution is -0.121. The van der Waals surface area contributed by atoms with Crippen molar-refractivity contribution in [3.8, 4) is 0 Å². The van der Waals surface area contributed by atoms with Crippen molar-refractivity contribution < 1.29 is 17.6 Å². The average Bonchev–Trinajstić information content (AvgIpc) is 2.53. The molecule has 1 aliphatic heterocycles. The number of rotatable bonds is 6. The summed E-state index contributed by atoms with van der Waals surface area (Å²) in [5.41, 5.74) is 5.99. The van der Waals surface area contributed by atoms with Crippen LogP contribution in [0.3, 0.4) is 0 Å². The number of nitrogens with one attached hydrogen (secondary N) is 1.